The van der Waals surface area contributed by atoms with Crippen molar-refractivity contribution in [3.05, 3.63) is 30.6 Å². The van der Waals surface area contributed by atoms with Crippen molar-refractivity contribution >= 4 is 6.98 Å². The van der Waals surface area contributed by atoms with Crippen molar-refractivity contribution in [1.82, 2.24) is 0 Å². The third-order valence-electron chi connectivity index (χ3n) is 3.34. The fraction of sp³-hybridized carbons (Fsp3) is 0.667. The summed E-state index contributed by atoms with van der Waals surface area (Å²) in [6, 6.07) is 6.26. The molecule has 25 heavy (non-hydrogen) atoms. The minimum absolute atomic E-state index is 1.17. The average molecular weight is 379 g/mol. The van der Waals surface area contributed by atoms with Crippen molar-refractivity contribution in [2.45, 2.75) is 64.0 Å². The Hall–Kier alpha value is -1.35. The molecule has 10 heteroatoms. The number of halogens is 8. The molecule has 0 aliphatic heterocycles. The molecule has 0 saturated heterocycles. The first-order valence-corrected chi connectivity index (χ1v) is 8.01. The van der Waals surface area contributed by atoms with E-state index in [2.05, 4.69) is 42.1 Å². The second kappa shape index (κ2) is 10.6. The van der Waals surface area contributed by atoms with E-state index in [0.717, 1.165) is 0 Å². The number of rotatable bonds is 8. The summed E-state index contributed by atoms with van der Waals surface area (Å²) in [5.41, 5.74) is 0. The topological polar surface area (TPSA) is 3.88 Å². The number of nitrogens with zero attached hydrogens (tertiary/aromatic N) is 1. The van der Waals surface area contributed by atoms with Crippen LogP contribution in [-0.2, 0) is 6.54 Å². The summed E-state index contributed by atoms with van der Waals surface area (Å²) in [5, 5.41) is 0. The van der Waals surface area contributed by atoms with E-state index >= 15 is 0 Å². The Labute approximate surface area is 142 Å². The number of pyridine rings is 1. The first kappa shape index (κ1) is 23.7. The third-order valence-corrected chi connectivity index (χ3v) is 3.34. The number of aryl methyl sites for hydroxylation is 1. The molecule has 0 atom stereocenters. The van der Waals surface area contributed by atoms with Gasteiger partial charge >= 0.3 is 19.0 Å². The summed E-state index contributed by atoms with van der Waals surface area (Å²) in [7, 11) is 0. The monoisotopic (exact) mass is 379 g/mol. The van der Waals surface area contributed by atoms with Crippen molar-refractivity contribution in [2.75, 3.05) is 0 Å². The molecule has 0 saturated carbocycles. The second-order valence-corrected chi connectivity index (χ2v) is 5.58. The lowest BCUT2D eigenvalue weighted by Crippen LogP contribution is -2.53. The maximum atomic E-state index is 11.2. The second-order valence-electron chi connectivity index (χ2n) is 5.58. The van der Waals surface area contributed by atoms with Crippen LogP contribution in [0.25, 0.3) is 0 Å². The molecule has 0 aromatic carbocycles. The van der Waals surface area contributed by atoms with E-state index in [1.54, 1.807) is 0 Å². The van der Waals surface area contributed by atoms with E-state index in [0.29, 0.717) is 0 Å². The normalized spacial score (nSPS) is 12.5. The van der Waals surface area contributed by atoms with Crippen molar-refractivity contribution < 1.29 is 39.5 Å². The van der Waals surface area contributed by atoms with Gasteiger partial charge in [0.2, 0.25) is 0 Å². The standard InChI is InChI=1S/C13H22N.C2BF8/c1-2-3-4-5-6-8-11-14-12-9-7-10-13-14;4-1(5,2(6,7)8)3(9,10)11/h7,9-10,12-13H,2-6,8,11H2,1H3;/q+1;-1. The Morgan fingerprint density at radius 3 is 1.64 bits per heavy atom. The molecule has 1 aromatic rings. The van der Waals surface area contributed by atoms with E-state index in [-0.39, 0.29) is 0 Å². The van der Waals surface area contributed by atoms with E-state index in [1.165, 1.54) is 45.1 Å². The first-order valence-electron chi connectivity index (χ1n) is 8.01. The molecule has 1 heterocycles. The summed E-state index contributed by atoms with van der Waals surface area (Å²) in [5.74, 6) is -6.56. The van der Waals surface area contributed by atoms with Crippen LogP contribution in [0.3, 0.4) is 0 Å². The van der Waals surface area contributed by atoms with E-state index < -0.39 is 19.0 Å². The fourth-order valence-corrected chi connectivity index (χ4v) is 1.84. The SMILES string of the molecule is CCCCCCCC[n+]1ccccc1.F[B-](F)(F)C(F)(F)C(F)(F)F. The average Bonchev–Trinajstić information content (AvgIpc) is 2.50. The van der Waals surface area contributed by atoms with Crippen LogP contribution in [0.1, 0.15) is 45.4 Å². The molecule has 146 valence electrons. The molecule has 0 radical (unpaired) electrons. The number of hydrogen-bond acceptors (Lipinski definition) is 0. The lowest BCUT2D eigenvalue weighted by Gasteiger charge is -2.28. The minimum atomic E-state index is -7.21. The maximum absolute atomic E-state index is 11.2. The van der Waals surface area contributed by atoms with Gasteiger partial charge in [-0.15, -0.1) is 0 Å². The molecular formula is C15H22BF8N. The van der Waals surface area contributed by atoms with E-state index in [1.807, 2.05) is 0 Å². The van der Waals surface area contributed by atoms with Crippen molar-refractivity contribution in [3.63, 3.8) is 0 Å². The number of aromatic nitrogens is 1. The number of hydrogen-bond donors (Lipinski definition) is 0. The van der Waals surface area contributed by atoms with Crippen LogP contribution in [0, 0.1) is 0 Å². The highest BCUT2D eigenvalue weighted by molar-refractivity contribution is 6.61. The van der Waals surface area contributed by atoms with Crippen LogP contribution in [0.4, 0.5) is 34.9 Å². The highest BCUT2D eigenvalue weighted by atomic mass is 19.4. The predicted octanol–water partition coefficient (Wildman–Crippen LogP) is 5.91. The molecule has 0 aliphatic rings. The van der Waals surface area contributed by atoms with Crippen LogP contribution >= 0.6 is 0 Å². The molecule has 1 nitrogen and oxygen atoms in total. The van der Waals surface area contributed by atoms with Crippen LogP contribution < -0.4 is 4.57 Å². The lowest BCUT2D eigenvalue weighted by molar-refractivity contribution is -0.697. The molecule has 0 N–H and O–H groups in total. The van der Waals surface area contributed by atoms with Gasteiger partial charge in [0.15, 0.2) is 12.4 Å². The van der Waals surface area contributed by atoms with Gasteiger partial charge in [0.25, 0.3) is 0 Å². The van der Waals surface area contributed by atoms with Crippen molar-refractivity contribution in [3.8, 4) is 0 Å². The van der Waals surface area contributed by atoms with E-state index in [4.69, 9.17) is 0 Å². The van der Waals surface area contributed by atoms with Gasteiger partial charge in [0.1, 0.15) is 6.54 Å². The molecule has 0 fully saturated rings. The van der Waals surface area contributed by atoms with Gasteiger partial charge < -0.3 is 12.9 Å². The van der Waals surface area contributed by atoms with Crippen LogP contribution in [0.2, 0.25) is 0 Å². The maximum Gasteiger partial charge on any atom is 0.558 e. The summed E-state index contributed by atoms with van der Waals surface area (Å²) in [6.45, 7) is -3.77. The Kier molecular flexibility index (Phi) is 10.0. The van der Waals surface area contributed by atoms with E-state index in [9.17, 15) is 34.9 Å². The number of unbranched alkanes of at least 4 members (excludes halogenated alkanes) is 5. The zero-order valence-electron chi connectivity index (χ0n) is 13.9. The van der Waals surface area contributed by atoms with Gasteiger partial charge in [-0.3, -0.25) is 0 Å². The Morgan fingerprint density at radius 1 is 0.760 bits per heavy atom. The zero-order chi connectivity index (χ0) is 19.6. The molecule has 0 spiro atoms. The molecule has 1 aromatic heterocycles. The largest absolute Gasteiger partial charge is 0.558 e. The van der Waals surface area contributed by atoms with Crippen molar-refractivity contribution in [1.29, 1.82) is 0 Å². The smallest absolute Gasteiger partial charge is 0.445 e. The molecular weight excluding hydrogens is 357 g/mol. The highest BCUT2D eigenvalue weighted by Gasteiger charge is 2.69. The van der Waals surface area contributed by atoms with Crippen LogP contribution in [0.15, 0.2) is 30.6 Å². The minimum Gasteiger partial charge on any atom is -0.445 e. The Morgan fingerprint density at radius 2 is 1.24 bits per heavy atom. The quantitative estimate of drug-likeness (QED) is 0.229. The van der Waals surface area contributed by atoms with Gasteiger partial charge in [-0.2, -0.15) is 13.2 Å². The molecule has 0 unspecified atom stereocenters. The molecule has 0 bridgehead atoms. The van der Waals surface area contributed by atoms with Crippen LogP contribution in [-0.4, -0.2) is 19.0 Å². The van der Waals surface area contributed by atoms with Crippen LogP contribution in [0.5, 0.6) is 0 Å². The summed E-state index contributed by atoms with van der Waals surface area (Å²) < 4.78 is 90.1. The molecule has 0 amide bonds. The van der Waals surface area contributed by atoms with Gasteiger partial charge in [-0.05, 0) is 6.42 Å². The summed E-state index contributed by atoms with van der Waals surface area (Å²) in [6.07, 6.45) is 5.99. The highest BCUT2D eigenvalue weighted by Crippen LogP contribution is 2.43. The fourth-order valence-electron chi connectivity index (χ4n) is 1.84. The summed E-state index contributed by atoms with van der Waals surface area (Å²) >= 11 is 0. The van der Waals surface area contributed by atoms with Crippen molar-refractivity contribution in [2.24, 2.45) is 0 Å². The zero-order valence-corrected chi connectivity index (χ0v) is 13.9. The Balaban J connectivity index is 0.000000477. The van der Waals surface area contributed by atoms with Gasteiger partial charge in [-0.25, -0.2) is 13.3 Å². The molecule has 1 rings (SSSR count). The first-order chi connectivity index (χ1) is 11.4. The third kappa shape index (κ3) is 9.06. The number of alkyl halides is 5. The van der Waals surface area contributed by atoms with Gasteiger partial charge in [0.05, 0.1) is 0 Å². The van der Waals surface area contributed by atoms with Gasteiger partial charge in [0, 0.05) is 18.6 Å². The Bertz CT molecular complexity index is 443. The van der Waals surface area contributed by atoms with Gasteiger partial charge in [-0.1, -0.05) is 38.7 Å². The summed E-state index contributed by atoms with van der Waals surface area (Å²) in [4.78, 5) is 0. The molecule has 0 aliphatic carbocycles. The lowest BCUT2D eigenvalue weighted by atomic mass is 9.80. The predicted molar refractivity (Wildman–Crippen MR) is 80.1 cm³/mol.